The molecule has 0 aliphatic heterocycles. The summed E-state index contributed by atoms with van der Waals surface area (Å²) < 4.78 is 7.26. The SMILES string of the molecule is Cc1cnc2oc(C(C)N)cn12. The highest BCUT2D eigenvalue weighted by Crippen LogP contribution is 2.15. The molecule has 0 spiro atoms. The second-order valence-electron chi connectivity index (χ2n) is 2.97. The van der Waals surface area contributed by atoms with E-state index < -0.39 is 0 Å². The second-order valence-corrected chi connectivity index (χ2v) is 2.97. The molecule has 2 N–H and O–H groups in total. The first kappa shape index (κ1) is 7.36. The van der Waals surface area contributed by atoms with Crippen molar-refractivity contribution in [2.24, 2.45) is 5.73 Å². The first-order valence-electron chi connectivity index (χ1n) is 3.87. The van der Waals surface area contributed by atoms with Crippen LogP contribution in [-0.4, -0.2) is 9.38 Å². The van der Waals surface area contributed by atoms with Crippen molar-refractivity contribution in [3.63, 3.8) is 0 Å². The Morgan fingerprint density at radius 1 is 1.67 bits per heavy atom. The van der Waals surface area contributed by atoms with Gasteiger partial charge in [-0.05, 0) is 13.8 Å². The van der Waals surface area contributed by atoms with Crippen molar-refractivity contribution in [2.75, 3.05) is 0 Å². The van der Waals surface area contributed by atoms with E-state index in [2.05, 4.69) is 4.98 Å². The number of oxazole rings is 1. The molecular weight excluding hydrogens is 154 g/mol. The molecule has 2 rings (SSSR count). The van der Waals surface area contributed by atoms with E-state index in [0.717, 1.165) is 11.5 Å². The van der Waals surface area contributed by atoms with Gasteiger partial charge in [-0.15, -0.1) is 0 Å². The van der Waals surface area contributed by atoms with E-state index in [4.69, 9.17) is 10.2 Å². The molecule has 4 nitrogen and oxygen atoms in total. The van der Waals surface area contributed by atoms with Crippen molar-refractivity contribution in [1.82, 2.24) is 9.38 Å². The fourth-order valence-electron chi connectivity index (χ4n) is 1.13. The Bertz CT molecular complexity index is 399. The lowest BCUT2D eigenvalue weighted by Gasteiger charge is -1.95. The highest BCUT2D eigenvalue weighted by molar-refractivity contribution is 5.29. The molecule has 2 aromatic rings. The summed E-state index contributed by atoms with van der Waals surface area (Å²) in [5.74, 6) is 1.38. The first-order chi connectivity index (χ1) is 5.68. The topological polar surface area (TPSA) is 56.5 Å². The predicted octanol–water partition coefficient (Wildman–Crippen LogP) is 1.26. The number of imidazole rings is 1. The highest BCUT2D eigenvalue weighted by Gasteiger charge is 2.09. The van der Waals surface area contributed by atoms with Gasteiger partial charge in [-0.2, -0.15) is 0 Å². The zero-order valence-electron chi connectivity index (χ0n) is 7.11. The fourth-order valence-corrected chi connectivity index (χ4v) is 1.13. The highest BCUT2D eigenvalue weighted by atomic mass is 16.4. The van der Waals surface area contributed by atoms with E-state index in [1.165, 1.54) is 0 Å². The molecule has 0 fully saturated rings. The Morgan fingerprint density at radius 2 is 2.42 bits per heavy atom. The third kappa shape index (κ3) is 0.921. The number of hydrogen-bond donors (Lipinski definition) is 1. The van der Waals surface area contributed by atoms with Crippen LogP contribution >= 0.6 is 0 Å². The molecule has 0 radical (unpaired) electrons. The smallest absolute Gasteiger partial charge is 0.306 e. The van der Waals surface area contributed by atoms with Crippen LogP contribution < -0.4 is 5.73 Å². The van der Waals surface area contributed by atoms with Crippen LogP contribution in [0.5, 0.6) is 0 Å². The first-order valence-corrected chi connectivity index (χ1v) is 3.87. The van der Waals surface area contributed by atoms with Gasteiger partial charge in [0.25, 0.3) is 0 Å². The summed E-state index contributed by atoms with van der Waals surface area (Å²) in [5.41, 5.74) is 6.71. The van der Waals surface area contributed by atoms with Crippen molar-refractivity contribution < 1.29 is 4.42 Å². The summed E-state index contributed by atoms with van der Waals surface area (Å²) in [5, 5.41) is 0. The van der Waals surface area contributed by atoms with Crippen LogP contribution in [0.25, 0.3) is 5.84 Å². The lowest BCUT2D eigenvalue weighted by Crippen LogP contribution is -2.03. The molecule has 2 aromatic heterocycles. The van der Waals surface area contributed by atoms with E-state index in [1.807, 2.05) is 24.4 Å². The molecule has 1 atom stereocenters. The predicted molar refractivity (Wildman–Crippen MR) is 44.8 cm³/mol. The minimum atomic E-state index is -0.0777. The maximum atomic E-state index is 5.65. The van der Waals surface area contributed by atoms with Crippen LogP contribution in [0.2, 0.25) is 0 Å². The van der Waals surface area contributed by atoms with Crippen LogP contribution in [0.15, 0.2) is 16.8 Å². The number of hydrogen-bond acceptors (Lipinski definition) is 3. The molecule has 4 heteroatoms. The molecule has 0 aliphatic carbocycles. The van der Waals surface area contributed by atoms with Crippen molar-refractivity contribution in [3.05, 3.63) is 23.8 Å². The van der Waals surface area contributed by atoms with Gasteiger partial charge in [-0.3, -0.25) is 4.40 Å². The zero-order chi connectivity index (χ0) is 8.72. The zero-order valence-corrected chi connectivity index (χ0v) is 7.11. The Kier molecular flexibility index (Phi) is 1.44. The quantitative estimate of drug-likeness (QED) is 0.692. The number of nitrogens with zero attached hydrogens (tertiary/aromatic N) is 2. The van der Waals surface area contributed by atoms with Crippen molar-refractivity contribution in [3.8, 4) is 0 Å². The monoisotopic (exact) mass is 165 g/mol. The molecular formula is C8H11N3O. The Morgan fingerprint density at radius 3 is 3.00 bits per heavy atom. The third-order valence-corrected chi connectivity index (χ3v) is 1.86. The standard InChI is InChI=1S/C8H11N3O/c1-5-3-10-8-11(5)4-7(12-8)6(2)9/h3-4,6H,9H2,1-2H3. The molecule has 1 unspecified atom stereocenters. The summed E-state index contributed by atoms with van der Waals surface area (Å²) in [4.78, 5) is 4.06. The van der Waals surface area contributed by atoms with Crippen LogP contribution in [0, 0.1) is 6.92 Å². The Hall–Kier alpha value is -1.29. The lowest BCUT2D eigenvalue weighted by molar-refractivity contribution is 0.503. The molecule has 0 aliphatic rings. The number of aromatic nitrogens is 2. The van der Waals surface area contributed by atoms with Crippen LogP contribution in [0.1, 0.15) is 24.4 Å². The largest absolute Gasteiger partial charge is 0.427 e. The average molecular weight is 165 g/mol. The summed E-state index contributed by atoms with van der Waals surface area (Å²) in [6.45, 7) is 3.86. The second kappa shape index (κ2) is 2.35. The van der Waals surface area contributed by atoms with E-state index in [0.29, 0.717) is 5.84 Å². The van der Waals surface area contributed by atoms with Gasteiger partial charge in [0, 0.05) is 5.69 Å². The minimum Gasteiger partial charge on any atom is -0.427 e. The number of rotatable bonds is 1. The maximum absolute atomic E-state index is 5.65. The Labute approximate surface area is 70.0 Å². The summed E-state index contributed by atoms with van der Waals surface area (Å²) in [6, 6.07) is -0.0777. The molecule has 0 amide bonds. The molecule has 0 saturated carbocycles. The number of nitrogens with two attached hydrogens (primary N) is 1. The summed E-state index contributed by atoms with van der Waals surface area (Å²) in [6.07, 6.45) is 3.64. The van der Waals surface area contributed by atoms with Gasteiger partial charge in [-0.1, -0.05) is 0 Å². The van der Waals surface area contributed by atoms with Crippen molar-refractivity contribution in [2.45, 2.75) is 19.9 Å². The summed E-state index contributed by atoms with van der Waals surface area (Å²) in [7, 11) is 0. The van der Waals surface area contributed by atoms with Crippen LogP contribution in [0.4, 0.5) is 0 Å². The van der Waals surface area contributed by atoms with E-state index in [9.17, 15) is 0 Å². The third-order valence-electron chi connectivity index (χ3n) is 1.86. The number of aryl methyl sites for hydroxylation is 1. The van der Waals surface area contributed by atoms with Crippen molar-refractivity contribution >= 4 is 5.84 Å². The van der Waals surface area contributed by atoms with Crippen LogP contribution in [-0.2, 0) is 0 Å². The van der Waals surface area contributed by atoms with Crippen LogP contribution in [0.3, 0.4) is 0 Å². The Balaban J connectivity index is 2.63. The van der Waals surface area contributed by atoms with Gasteiger partial charge in [0.15, 0.2) is 0 Å². The molecule has 0 aromatic carbocycles. The van der Waals surface area contributed by atoms with Crippen molar-refractivity contribution in [1.29, 1.82) is 0 Å². The molecule has 2 heterocycles. The normalized spacial score (nSPS) is 13.9. The van der Waals surface area contributed by atoms with Gasteiger partial charge in [0.05, 0.1) is 18.4 Å². The lowest BCUT2D eigenvalue weighted by atomic mass is 10.3. The van der Waals surface area contributed by atoms with Gasteiger partial charge in [-0.25, -0.2) is 4.98 Å². The maximum Gasteiger partial charge on any atom is 0.306 e. The molecule has 64 valence electrons. The van der Waals surface area contributed by atoms with E-state index in [1.54, 1.807) is 6.20 Å². The van der Waals surface area contributed by atoms with Gasteiger partial charge in [0.1, 0.15) is 5.76 Å². The molecule has 12 heavy (non-hydrogen) atoms. The van der Waals surface area contributed by atoms with E-state index in [-0.39, 0.29) is 6.04 Å². The molecule has 0 saturated heterocycles. The summed E-state index contributed by atoms with van der Waals surface area (Å²) >= 11 is 0. The van der Waals surface area contributed by atoms with E-state index >= 15 is 0 Å². The average Bonchev–Trinajstić information content (AvgIpc) is 2.53. The minimum absolute atomic E-state index is 0.0777. The number of fused-ring (bicyclic) bond motifs is 1. The van der Waals surface area contributed by atoms with Gasteiger partial charge in [0.2, 0.25) is 0 Å². The fraction of sp³-hybridized carbons (Fsp3) is 0.375. The molecule has 0 bridgehead atoms. The van der Waals surface area contributed by atoms with Gasteiger partial charge < -0.3 is 10.2 Å². The van der Waals surface area contributed by atoms with Gasteiger partial charge >= 0.3 is 5.84 Å².